The molecule has 1 N–H and O–H groups in total. The lowest BCUT2D eigenvalue weighted by Crippen LogP contribution is -2.29. The molecule has 0 spiro atoms. The van der Waals surface area contributed by atoms with Crippen LogP contribution in [0.15, 0.2) is 24.3 Å². The summed E-state index contributed by atoms with van der Waals surface area (Å²) in [6.45, 7) is 1.74. The first kappa shape index (κ1) is 11.7. The van der Waals surface area contributed by atoms with E-state index in [9.17, 15) is 9.90 Å². The SMILES string of the molecule is COC(C)(C=O)CCc1ccccc1O. The van der Waals surface area contributed by atoms with E-state index in [1.54, 1.807) is 19.1 Å². The number of carbonyl (C=O) groups is 1. The average molecular weight is 208 g/mol. The summed E-state index contributed by atoms with van der Waals surface area (Å²) in [6.07, 6.45) is 1.98. The van der Waals surface area contributed by atoms with Crippen molar-refractivity contribution in [2.24, 2.45) is 0 Å². The summed E-state index contributed by atoms with van der Waals surface area (Å²) in [5, 5.41) is 9.52. The van der Waals surface area contributed by atoms with Crippen LogP contribution in [-0.4, -0.2) is 24.1 Å². The highest BCUT2D eigenvalue weighted by atomic mass is 16.5. The second-order valence-corrected chi connectivity index (χ2v) is 3.76. The first-order valence-electron chi connectivity index (χ1n) is 4.89. The van der Waals surface area contributed by atoms with Crippen molar-refractivity contribution in [2.75, 3.05) is 7.11 Å². The number of benzene rings is 1. The normalized spacial score (nSPS) is 14.5. The number of aromatic hydroxyl groups is 1. The number of para-hydroxylation sites is 1. The Labute approximate surface area is 89.7 Å². The highest BCUT2D eigenvalue weighted by Crippen LogP contribution is 2.21. The maximum Gasteiger partial charge on any atom is 0.151 e. The molecule has 15 heavy (non-hydrogen) atoms. The molecular weight excluding hydrogens is 192 g/mol. The summed E-state index contributed by atoms with van der Waals surface area (Å²) < 4.78 is 5.10. The van der Waals surface area contributed by atoms with Gasteiger partial charge in [-0.15, -0.1) is 0 Å². The molecule has 82 valence electrons. The fourth-order valence-corrected chi connectivity index (χ4v) is 1.31. The Kier molecular flexibility index (Phi) is 3.86. The van der Waals surface area contributed by atoms with Crippen molar-refractivity contribution in [3.8, 4) is 5.75 Å². The Bertz CT molecular complexity index is 335. The molecule has 0 bridgehead atoms. The smallest absolute Gasteiger partial charge is 0.151 e. The standard InChI is InChI=1S/C12H16O3/c1-12(9-13,15-2)8-7-10-5-3-4-6-11(10)14/h3-6,9,14H,7-8H2,1-2H3. The Morgan fingerprint density at radius 1 is 1.47 bits per heavy atom. The summed E-state index contributed by atoms with van der Waals surface area (Å²) in [4.78, 5) is 10.8. The van der Waals surface area contributed by atoms with Crippen LogP contribution in [0.25, 0.3) is 0 Å². The molecule has 0 radical (unpaired) electrons. The number of rotatable bonds is 5. The summed E-state index contributed by atoms with van der Waals surface area (Å²) in [7, 11) is 1.51. The molecule has 3 heteroatoms. The summed E-state index contributed by atoms with van der Waals surface area (Å²) >= 11 is 0. The molecule has 1 aromatic rings. The second-order valence-electron chi connectivity index (χ2n) is 3.76. The highest BCUT2D eigenvalue weighted by Gasteiger charge is 2.22. The van der Waals surface area contributed by atoms with Gasteiger partial charge in [-0.3, -0.25) is 0 Å². The third-order valence-corrected chi connectivity index (χ3v) is 2.60. The maximum absolute atomic E-state index is 10.8. The van der Waals surface area contributed by atoms with Crippen molar-refractivity contribution in [3.05, 3.63) is 29.8 Å². The molecule has 3 nitrogen and oxygen atoms in total. The molecule has 0 saturated carbocycles. The van der Waals surface area contributed by atoms with Crippen LogP contribution in [0.5, 0.6) is 5.75 Å². The van der Waals surface area contributed by atoms with E-state index >= 15 is 0 Å². The van der Waals surface area contributed by atoms with Crippen molar-refractivity contribution in [3.63, 3.8) is 0 Å². The lowest BCUT2D eigenvalue weighted by Gasteiger charge is -2.21. The lowest BCUT2D eigenvalue weighted by molar-refractivity contribution is -0.126. The van der Waals surface area contributed by atoms with Crippen LogP contribution in [0.1, 0.15) is 18.9 Å². The Morgan fingerprint density at radius 3 is 2.67 bits per heavy atom. The topological polar surface area (TPSA) is 46.5 Å². The molecule has 0 saturated heterocycles. The number of aryl methyl sites for hydroxylation is 1. The molecule has 0 heterocycles. The number of aldehydes is 1. The van der Waals surface area contributed by atoms with Gasteiger partial charge in [-0.1, -0.05) is 18.2 Å². The predicted molar refractivity (Wildman–Crippen MR) is 57.9 cm³/mol. The van der Waals surface area contributed by atoms with Crippen LogP contribution < -0.4 is 0 Å². The van der Waals surface area contributed by atoms with Gasteiger partial charge in [0, 0.05) is 7.11 Å². The number of ether oxygens (including phenoxy) is 1. The molecule has 0 aliphatic rings. The van der Waals surface area contributed by atoms with E-state index in [0.29, 0.717) is 12.8 Å². The van der Waals surface area contributed by atoms with Crippen LogP contribution in [0.3, 0.4) is 0 Å². The van der Waals surface area contributed by atoms with Gasteiger partial charge in [0.15, 0.2) is 6.29 Å². The third-order valence-electron chi connectivity index (χ3n) is 2.60. The monoisotopic (exact) mass is 208 g/mol. The molecule has 1 rings (SSSR count). The van der Waals surface area contributed by atoms with Gasteiger partial charge in [0.25, 0.3) is 0 Å². The summed E-state index contributed by atoms with van der Waals surface area (Å²) in [5.74, 6) is 0.266. The second kappa shape index (κ2) is 4.94. The largest absolute Gasteiger partial charge is 0.508 e. The minimum absolute atomic E-state index is 0.266. The van der Waals surface area contributed by atoms with Crippen LogP contribution in [0, 0.1) is 0 Å². The average Bonchev–Trinajstić information content (AvgIpc) is 2.28. The molecule has 0 aliphatic heterocycles. The van der Waals surface area contributed by atoms with Gasteiger partial charge in [0.2, 0.25) is 0 Å². The number of phenols is 1. The lowest BCUT2D eigenvalue weighted by atomic mass is 9.97. The van der Waals surface area contributed by atoms with Gasteiger partial charge < -0.3 is 14.6 Å². The first-order valence-corrected chi connectivity index (χ1v) is 4.89. The van der Waals surface area contributed by atoms with Crippen molar-refractivity contribution in [2.45, 2.75) is 25.4 Å². The minimum Gasteiger partial charge on any atom is -0.508 e. The van der Waals surface area contributed by atoms with Crippen LogP contribution >= 0.6 is 0 Å². The van der Waals surface area contributed by atoms with Crippen molar-refractivity contribution in [1.29, 1.82) is 0 Å². The first-order chi connectivity index (χ1) is 7.11. The van der Waals surface area contributed by atoms with Gasteiger partial charge in [-0.25, -0.2) is 0 Å². The van der Waals surface area contributed by atoms with Gasteiger partial charge in [0.1, 0.15) is 11.4 Å². The zero-order valence-electron chi connectivity index (χ0n) is 9.06. The fraction of sp³-hybridized carbons (Fsp3) is 0.417. The number of hydrogen-bond acceptors (Lipinski definition) is 3. The quantitative estimate of drug-likeness (QED) is 0.752. The number of carbonyl (C=O) groups excluding carboxylic acids is 1. The van der Waals surface area contributed by atoms with E-state index in [4.69, 9.17) is 4.74 Å². The van der Waals surface area contributed by atoms with Crippen LogP contribution in [0.4, 0.5) is 0 Å². The summed E-state index contributed by atoms with van der Waals surface area (Å²) in [6, 6.07) is 7.12. The van der Waals surface area contributed by atoms with Crippen molar-refractivity contribution < 1.29 is 14.6 Å². The Hall–Kier alpha value is -1.35. The van der Waals surface area contributed by atoms with E-state index in [0.717, 1.165) is 11.8 Å². The fourth-order valence-electron chi connectivity index (χ4n) is 1.31. The van der Waals surface area contributed by atoms with Gasteiger partial charge in [-0.2, -0.15) is 0 Å². The molecule has 0 aromatic heterocycles. The predicted octanol–water partition coefficient (Wildman–Crippen LogP) is 1.93. The van der Waals surface area contributed by atoms with E-state index in [-0.39, 0.29) is 5.75 Å². The van der Waals surface area contributed by atoms with E-state index < -0.39 is 5.60 Å². The van der Waals surface area contributed by atoms with E-state index in [2.05, 4.69) is 0 Å². The number of hydrogen-bond donors (Lipinski definition) is 1. The van der Waals surface area contributed by atoms with Gasteiger partial charge in [-0.05, 0) is 31.4 Å². The van der Waals surface area contributed by atoms with Crippen molar-refractivity contribution in [1.82, 2.24) is 0 Å². The van der Waals surface area contributed by atoms with Crippen LogP contribution in [0.2, 0.25) is 0 Å². The zero-order chi connectivity index (χ0) is 11.3. The number of phenolic OH excluding ortho intramolecular Hbond substituents is 1. The van der Waals surface area contributed by atoms with E-state index in [1.807, 2.05) is 12.1 Å². The highest BCUT2D eigenvalue weighted by molar-refractivity contribution is 5.61. The maximum atomic E-state index is 10.8. The molecule has 1 aromatic carbocycles. The summed E-state index contributed by atoms with van der Waals surface area (Å²) in [5.41, 5.74) is 0.0741. The van der Waals surface area contributed by atoms with E-state index in [1.165, 1.54) is 7.11 Å². The molecule has 0 fully saturated rings. The minimum atomic E-state index is -0.762. The Morgan fingerprint density at radius 2 is 2.13 bits per heavy atom. The van der Waals surface area contributed by atoms with Crippen molar-refractivity contribution >= 4 is 6.29 Å². The number of methoxy groups -OCH3 is 1. The van der Waals surface area contributed by atoms with Gasteiger partial charge >= 0.3 is 0 Å². The molecule has 0 aliphatic carbocycles. The zero-order valence-corrected chi connectivity index (χ0v) is 9.06. The van der Waals surface area contributed by atoms with Gasteiger partial charge in [0.05, 0.1) is 0 Å². The van der Waals surface area contributed by atoms with Crippen LogP contribution in [-0.2, 0) is 16.0 Å². The Balaban J connectivity index is 2.64. The molecule has 0 amide bonds. The third kappa shape index (κ3) is 3.06. The molecular formula is C12H16O3. The molecule has 1 atom stereocenters. The molecule has 1 unspecified atom stereocenters.